The van der Waals surface area contributed by atoms with Gasteiger partial charge < -0.3 is 10.0 Å². The van der Waals surface area contributed by atoms with Crippen molar-refractivity contribution in [1.29, 1.82) is 0 Å². The largest absolute Gasteiger partial charge is 0.480 e. The number of carboxylic acid groups (broad SMARTS) is 1. The molecule has 0 fully saturated rings. The zero-order chi connectivity index (χ0) is 18.6. The van der Waals surface area contributed by atoms with Gasteiger partial charge in [0.15, 0.2) is 0 Å². The third-order valence-corrected chi connectivity index (χ3v) is 4.52. The fraction of sp³-hybridized carbons (Fsp3) is 0.421. The number of aromatic nitrogens is 2. The first-order valence-corrected chi connectivity index (χ1v) is 8.46. The van der Waals surface area contributed by atoms with Crippen LogP contribution in [0, 0.1) is 13.8 Å². The van der Waals surface area contributed by atoms with Crippen molar-refractivity contribution in [2.45, 2.75) is 46.6 Å². The van der Waals surface area contributed by atoms with Crippen LogP contribution in [0.2, 0.25) is 0 Å². The fourth-order valence-electron chi connectivity index (χ4n) is 2.86. The van der Waals surface area contributed by atoms with E-state index in [1.54, 1.807) is 0 Å². The number of carboxylic acids is 1. The number of amides is 1. The standard InChI is InChI=1S/C19H25N3O3/c1-5-13(2)21(12-19(24)25)18(23)11-17-14(3)20-22(15(17)4)16-9-7-6-8-10-16/h6-10,13H,5,11-12H2,1-4H3,(H,24,25). The summed E-state index contributed by atoms with van der Waals surface area (Å²) in [5.74, 6) is -1.18. The minimum atomic E-state index is -0.998. The predicted octanol–water partition coefficient (Wildman–Crippen LogP) is 2.74. The summed E-state index contributed by atoms with van der Waals surface area (Å²) in [6.07, 6.45) is 0.863. The number of hydrogen-bond acceptors (Lipinski definition) is 3. The highest BCUT2D eigenvalue weighted by molar-refractivity contribution is 5.83. The lowest BCUT2D eigenvalue weighted by atomic mass is 10.1. The Hall–Kier alpha value is -2.63. The van der Waals surface area contributed by atoms with E-state index in [0.29, 0.717) is 6.42 Å². The second-order valence-electron chi connectivity index (χ2n) is 6.25. The molecule has 1 atom stereocenters. The first kappa shape index (κ1) is 18.7. The van der Waals surface area contributed by atoms with E-state index < -0.39 is 5.97 Å². The normalized spacial score (nSPS) is 12.0. The Labute approximate surface area is 148 Å². The van der Waals surface area contributed by atoms with E-state index in [1.165, 1.54) is 4.90 Å². The molecule has 0 radical (unpaired) electrons. The van der Waals surface area contributed by atoms with Crippen molar-refractivity contribution in [2.75, 3.05) is 6.54 Å². The topological polar surface area (TPSA) is 75.4 Å². The van der Waals surface area contributed by atoms with Crippen LogP contribution in [0.3, 0.4) is 0 Å². The molecule has 1 aromatic heterocycles. The maximum absolute atomic E-state index is 12.7. The molecule has 2 aromatic rings. The summed E-state index contributed by atoms with van der Waals surface area (Å²) >= 11 is 0. The van der Waals surface area contributed by atoms with Crippen molar-refractivity contribution in [3.63, 3.8) is 0 Å². The second-order valence-corrected chi connectivity index (χ2v) is 6.25. The average molecular weight is 343 g/mol. The van der Waals surface area contributed by atoms with E-state index in [1.807, 2.05) is 62.7 Å². The molecule has 6 nitrogen and oxygen atoms in total. The van der Waals surface area contributed by atoms with Crippen LogP contribution in [0.4, 0.5) is 0 Å². The Morgan fingerprint density at radius 1 is 1.24 bits per heavy atom. The fourth-order valence-corrected chi connectivity index (χ4v) is 2.86. The lowest BCUT2D eigenvalue weighted by Gasteiger charge is -2.27. The molecule has 0 bridgehead atoms. The van der Waals surface area contributed by atoms with Gasteiger partial charge in [-0.05, 0) is 39.3 Å². The van der Waals surface area contributed by atoms with E-state index in [0.717, 1.165) is 22.6 Å². The molecule has 25 heavy (non-hydrogen) atoms. The Balaban J connectivity index is 2.28. The Kier molecular flexibility index (Phi) is 5.96. The summed E-state index contributed by atoms with van der Waals surface area (Å²) in [4.78, 5) is 25.3. The van der Waals surface area contributed by atoms with Gasteiger partial charge in [0, 0.05) is 17.3 Å². The summed E-state index contributed by atoms with van der Waals surface area (Å²) < 4.78 is 1.82. The molecule has 2 rings (SSSR count). The third-order valence-electron chi connectivity index (χ3n) is 4.52. The Morgan fingerprint density at radius 2 is 1.88 bits per heavy atom. The minimum absolute atomic E-state index is 0.117. The maximum atomic E-state index is 12.7. The molecular formula is C19H25N3O3. The second kappa shape index (κ2) is 7.96. The van der Waals surface area contributed by atoms with E-state index in [9.17, 15) is 9.59 Å². The quantitative estimate of drug-likeness (QED) is 0.839. The zero-order valence-corrected chi connectivity index (χ0v) is 15.2. The van der Waals surface area contributed by atoms with Gasteiger partial charge in [-0.2, -0.15) is 5.10 Å². The van der Waals surface area contributed by atoms with Gasteiger partial charge in [0.05, 0.1) is 17.8 Å². The molecule has 0 spiro atoms. The predicted molar refractivity (Wildman–Crippen MR) is 95.8 cm³/mol. The molecule has 0 saturated heterocycles. The van der Waals surface area contributed by atoms with E-state index in [-0.39, 0.29) is 24.9 Å². The van der Waals surface area contributed by atoms with E-state index >= 15 is 0 Å². The lowest BCUT2D eigenvalue weighted by Crippen LogP contribution is -2.42. The van der Waals surface area contributed by atoms with Gasteiger partial charge in [-0.15, -0.1) is 0 Å². The monoisotopic (exact) mass is 343 g/mol. The van der Waals surface area contributed by atoms with E-state index in [4.69, 9.17) is 5.11 Å². The van der Waals surface area contributed by atoms with Crippen molar-refractivity contribution in [3.05, 3.63) is 47.3 Å². The SMILES string of the molecule is CCC(C)N(CC(=O)O)C(=O)Cc1c(C)nn(-c2ccccc2)c1C. The van der Waals surface area contributed by atoms with Crippen molar-refractivity contribution in [2.24, 2.45) is 0 Å². The highest BCUT2D eigenvalue weighted by atomic mass is 16.4. The van der Waals surface area contributed by atoms with Crippen LogP contribution in [0.15, 0.2) is 30.3 Å². The van der Waals surface area contributed by atoms with Crippen LogP contribution in [0.5, 0.6) is 0 Å². The number of hydrogen-bond donors (Lipinski definition) is 1. The van der Waals surface area contributed by atoms with Gasteiger partial charge in [-0.1, -0.05) is 25.1 Å². The molecule has 0 aliphatic heterocycles. The van der Waals surface area contributed by atoms with Crippen LogP contribution < -0.4 is 0 Å². The molecule has 1 aromatic carbocycles. The first-order chi connectivity index (χ1) is 11.8. The molecule has 134 valence electrons. The maximum Gasteiger partial charge on any atom is 0.323 e. The number of nitrogens with zero attached hydrogens (tertiary/aromatic N) is 3. The average Bonchev–Trinajstić information content (AvgIpc) is 2.87. The number of rotatable bonds is 7. The molecule has 1 N–H and O–H groups in total. The van der Waals surface area contributed by atoms with Crippen molar-refractivity contribution in [3.8, 4) is 5.69 Å². The molecule has 0 aliphatic carbocycles. The van der Waals surface area contributed by atoms with Gasteiger partial charge in [-0.25, -0.2) is 4.68 Å². The van der Waals surface area contributed by atoms with Gasteiger partial charge in [0.2, 0.25) is 5.91 Å². The highest BCUT2D eigenvalue weighted by Gasteiger charge is 2.24. The van der Waals surface area contributed by atoms with Gasteiger partial charge in [-0.3, -0.25) is 9.59 Å². The van der Waals surface area contributed by atoms with Gasteiger partial charge in [0.1, 0.15) is 6.54 Å². The summed E-state index contributed by atoms with van der Waals surface area (Å²) in [5.41, 5.74) is 3.48. The smallest absolute Gasteiger partial charge is 0.323 e. The number of para-hydroxylation sites is 1. The highest BCUT2D eigenvalue weighted by Crippen LogP contribution is 2.19. The van der Waals surface area contributed by atoms with Gasteiger partial charge in [0.25, 0.3) is 0 Å². The molecule has 1 unspecified atom stereocenters. The molecular weight excluding hydrogens is 318 g/mol. The van der Waals surface area contributed by atoms with Crippen LogP contribution in [0.25, 0.3) is 5.69 Å². The van der Waals surface area contributed by atoms with Crippen LogP contribution in [-0.4, -0.2) is 44.3 Å². The number of benzene rings is 1. The molecule has 1 heterocycles. The third kappa shape index (κ3) is 4.26. The lowest BCUT2D eigenvalue weighted by molar-refractivity contribution is -0.145. The summed E-state index contributed by atoms with van der Waals surface area (Å²) in [7, 11) is 0. The number of carbonyl (C=O) groups excluding carboxylic acids is 1. The summed E-state index contributed by atoms with van der Waals surface area (Å²) in [6, 6.07) is 9.62. The van der Waals surface area contributed by atoms with Crippen LogP contribution in [0.1, 0.15) is 37.2 Å². The van der Waals surface area contributed by atoms with Crippen molar-refractivity contribution < 1.29 is 14.7 Å². The van der Waals surface area contributed by atoms with Crippen LogP contribution >= 0.6 is 0 Å². The zero-order valence-electron chi connectivity index (χ0n) is 15.2. The minimum Gasteiger partial charge on any atom is -0.480 e. The van der Waals surface area contributed by atoms with E-state index in [2.05, 4.69) is 5.10 Å². The Morgan fingerprint density at radius 3 is 2.44 bits per heavy atom. The summed E-state index contributed by atoms with van der Waals surface area (Å²) in [5, 5.41) is 13.6. The number of carbonyl (C=O) groups is 2. The molecule has 0 saturated carbocycles. The number of aryl methyl sites for hydroxylation is 1. The van der Waals surface area contributed by atoms with Crippen LogP contribution in [-0.2, 0) is 16.0 Å². The van der Waals surface area contributed by atoms with Crippen molar-refractivity contribution >= 4 is 11.9 Å². The molecule has 6 heteroatoms. The summed E-state index contributed by atoms with van der Waals surface area (Å²) in [6.45, 7) is 7.34. The molecule has 0 aliphatic rings. The number of aliphatic carboxylic acids is 1. The van der Waals surface area contributed by atoms with Crippen molar-refractivity contribution in [1.82, 2.24) is 14.7 Å². The van der Waals surface area contributed by atoms with Gasteiger partial charge >= 0.3 is 5.97 Å². The Bertz CT molecular complexity index is 753. The first-order valence-electron chi connectivity index (χ1n) is 8.46. The molecule has 1 amide bonds.